The van der Waals surface area contributed by atoms with E-state index < -0.39 is 11.8 Å². The highest BCUT2D eigenvalue weighted by molar-refractivity contribution is 6.31. The fourth-order valence-corrected chi connectivity index (χ4v) is 4.73. The third-order valence-electron chi connectivity index (χ3n) is 6.12. The molecule has 3 heterocycles. The van der Waals surface area contributed by atoms with Gasteiger partial charge in [-0.2, -0.15) is 8.78 Å². The quantitative estimate of drug-likeness (QED) is 0.610. The van der Waals surface area contributed by atoms with E-state index in [1.54, 1.807) is 18.2 Å². The summed E-state index contributed by atoms with van der Waals surface area (Å²) in [4.78, 5) is 20.7. The molecule has 5 nitrogen and oxygen atoms in total. The molecule has 0 N–H and O–H groups in total. The predicted molar refractivity (Wildman–Crippen MR) is 112 cm³/mol. The number of benzene rings is 2. The van der Waals surface area contributed by atoms with Crippen LogP contribution in [0.15, 0.2) is 42.5 Å². The van der Waals surface area contributed by atoms with Crippen molar-refractivity contribution in [3.05, 3.63) is 58.9 Å². The third-order valence-corrected chi connectivity index (χ3v) is 6.36. The van der Waals surface area contributed by atoms with Gasteiger partial charge in [0.25, 0.3) is 0 Å². The number of piperidine rings is 1. The summed E-state index contributed by atoms with van der Waals surface area (Å²) in [5, 5.41) is 0.566. The Morgan fingerprint density at radius 2 is 1.90 bits per heavy atom. The summed E-state index contributed by atoms with van der Waals surface area (Å²) in [7, 11) is 2.09. The number of anilines is 1. The van der Waals surface area contributed by atoms with Crippen molar-refractivity contribution in [3.63, 3.8) is 0 Å². The highest BCUT2D eigenvalue weighted by atomic mass is 35.5. The smallest absolute Gasteiger partial charge is 0.323 e. The Hall–Kier alpha value is -2.51. The molecule has 0 spiro atoms. The Morgan fingerprint density at radius 1 is 1.17 bits per heavy atom. The zero-order valence-corrected chi connectivity index (χ0v) is 17.2. The van der Waals surface area contributed by atoms with Crippen LogP contribution < -0.4 is 4.90 Å². The maximum Gasteiger partial charge on any atom is 0.352 e. The first-order valence-electron chi connectivity index (χ1n) is 10.0. The van der Waals surface area contributed by atoms with Crippen molar-refractivity contribution in [2.75, 3.05) is 25.0 Å². The average molecular weight is 431 g/mol. The summed E-state index contributed by atoms with van der Waals surface area (Å²) in [6.45, 7) is 1.88. The minimum Gasteiger partial charge on any atom is -0.323 e. The molecule has 0 bridgehead atoms. The summed E-state index contributed by atoms with van der Waals surface area (Å²) in [5.74, 6) is -4.13. The lowest BCUT2D eigenvalue weighted by Gasteiger charge is -2.31. The van der Waals surface area contributed by atoms with Crippen molar-refractivity contribution >= 4 is 34.2 Å². The standard InChI is InChI=1S/C22H21ClF2N4O/c1-27-10-8-15(9-11-27)29-19-7-6-14(23)12-17(19)26-20(29)13-28-18-5-3-2-4-16(18)22(24,25)21(28)30/h2-7,12,15H,8-11,13H2,1H3. The van der Waals surface area contributed by atoms with Gasteiger partial charge in [0, 0.05) is 11.1 Å². The number of imidazole rings is 1. The molecule has 2 aromatic carbocycles. The van der Waals surface area contributed by atoms with Gasteiger partial charge in [-0.3, -0.25) is 9.69 Å². The van der Waals surface area contributed by atoms with E-state index in [-0.39, 0.29) is 23.8 Å². The molecule has 2 aliphatic rings. The van der Waals surface area contributed by atoms with E-state index in [4.69, 9.17) is 16.6 Å². The first-order chi connectivity index (χ1) is 14.4. The Labute approximate surface area is 177 Å². The molecule has 0 radical (unpaired) electrons. The number of fused-ring (bicyclic) bond motifs is 2. The number of rotatable bonds is 3. The van der Waals surface area contributed by atoms with Crippen molar-refractivity contribution in [1.29, 1.82) is 0 Å². The maximum absolute atomic E-state index is 14.6. The highest BCUT2D eigenvalue weighted by Gasteiger charge is 2.52. The van der Waals surface area contributed by atoms with Crippen LogP contribution in [0.1, 0.15) is 30.3 Å². The van der Waals surface area contributed by atoms with Crippen LogP contribution in [0.5, 0.6) is 0 Å². The van der Waals surface area contributed by atoms with Crippen molar-refractivity contribution in [3.8, 4) is 0 Å². The molecule has 2 aliphatic heterocycles. The Kier molecular flexibility index (Phi) is 4.56. The van der Waals surface area contributed by atoms with Gasteiger partial charge in [0.2, 0.25) is 0 Å². The Morgan fingerprint density at radius 3 is 2.67 bits per heavy atom. The van der Waals surface area contributed by atoms with Gasteiger partial charge in [-0.15, -0.1) is 0 Å². The number of nitrogens with zero attached hydrogens (tertiary/aromatic N) is 4. The van der Waals surface area contributed by atoms with Crippen molar-refractivity contribution < 1.29 is 13.6 Å². The van der Waals surface area contributed by atoms with E-state index in [9.17, 15) is 13.6 Å². The zero-order chi connectivity index (χ0) is 21.0. The van der Waals surface area contributed by atoms with Gasteiger partial charge in [0.15, 0.2) is 0 Å². The fraction of sp³-hybridized carbons (Fsp3) is 0.364. The summed E-state index contributed by atoms with van der Waals surface area (Å²) < 4.78 is 31.3. The van der Waals surface area contributed by atoms with Crippen molar-refractivity contribution in [2.45, 2.75) is 31.4 Å². The summed E-state index contributed by atoms with van der Waals surface area (Å²) in [6.07, 6.45) is 1.86. The highest BCUT2D eigenvalue weighted by Crippen LogP contribution is 2.45. The van der Waals surface area contributed by atoms with E-state index in [1.807, 2.05) is 12.1 Å². The molecule has 8 heteroatoms. The molecule has 30 heavy (non-hydrogen) atoms. The van der Waals surface area contributed by atoms with Crippen LogP contribution in [0.2, 0.25) is 5.02 Å². The molecule has 0 unspecified atom stereocenters. The first-order valence-corrected chi connectivity index (χ1v) is 10.4. The van der Waals surface area contributed by atoms with Crippen LogP contribution in [0, 0.1) is 0 Å². The van der Waals surface area contributed by atoms with Gasteiger partial charge in [-0.1, -0.05) is 29.8 Å². The van der Waals surface area contributed by atoms with E-state index >= 15 is 0 Å². The monoisotopic (exact) mass is 430 g/mol. The van der Waals surface area contributed by atoms with Crippen molar-refractivity contribution in [2.24, 2.45) is 0 Å². The van der Waals surface area contributed by atoms with Crippen LogP contribution in [0.3, 0.4) is 0 Å². The van der Waals surface area contributed by atoms with Gasteiger partial charge in [-0.05, 0) is 57.2 Å². The van der Waals surface area contributed by atoms with Gasteiger partial charge >= 0.3 is 11.8 Å². The first kappa shape index (κ1) is 19.5. The lowest BCUT2D eigenvalue weighted by molar-refractivity contribution is -0.141. The zero-order valence-electron chi connectivity index (χ0n) is 16.5. The Balaban J connectivity index is 1.59. The van der Waals surface area contributed by atoms with Crippen molar-refractivity contribution in [1.82, 2.24) is 14.5 Å². The van der Waals surface area contributed by atoms with Crippen LogP contribution in [-0.2, 0) is 17.3 Å². The minimum absolute atomic E-state index is 0.00985. The number of carbonyl (C=O) groups excluding carboxylic acids is 1. The number of halogens is 3. The molecule has 1 saturated heterocycles. The number of amides is 1. The minimum atomic E-state index is -3.52. The molecular formula is C22H21ClF2N4O. The van der Waals surface area contributed by atoms with Gasteiger partial charge in [0.05, 0.1) is 28.8 Å². The van der Waals surface area contributed by atoms with Crippen LogP contribution in [0.25, 0.3) is 11.0 Å². The molecule has 156 valence electrons. The SMILES string of the molecule is CN1CCC(n2c(CN3C(=O)C(F)(F)c4ccccc43)nc3cc(Cl)ccc32)CC1. The van der Waals surface area contributed by atoms with E-state index in [1.165, 1.54) is 12.1 Å². The summed E-state index contributed by atoms with van der Waals surface area (Å²) in [6, 6.07) is 11.8. The molecule has 1 amide bonds. The molecule has 0 atom stereocenters. The second-order valence-electron chi connectivity index (χ2n) is 8.05. The third kappa shape index (κ3) is 2.99. The lowest BCUT2D eigenvalue weighted by Crippen LogP contribution is -2.36. The van der Waals surface area contributed by atoms with Crippen LogP contribution >= 0.6 is 11.6 Å². The predicted octanol–water partition coefficient (Wildman–Crippen LogP) is 4.60. The lowest BCUT2D eigenvalue weighted by atomic mass is 10.0. The van der Waals surface area contributed by atoms with Crippen LogP contribution in [-0.4, -0.2) is 40.5 Å². The molecular weight excluding hydrogens is 410 g/mol. The van der Waals surface area contributed by atoms with Crippen LogP contribution in [0.4, 0.5) is 14.5 Å². The number of para-hydroxylation sites is 1. The van der Waals surface area contributed by atoms with Gasteiger partial charge < -0.3 is 9.47 Å². The normalized spacial score (nSPS) is 19.6. The average Bonchev–Trinajstić information content (AvgIpc) is 3.17. The largest absolute Gasteiger partial charge is 0.352 e. The molecule has 1 aromatic heterocycles. The summed E-state index contributed by atoms with van der Waals surface area (Å²) in [5.41, 5.74) is 1.62. The number of carbonyl (C=O) groups is 1. The number of aromatic nitrogens is 2. The number of likely N-dealkylation sites (tertiary alicyclic amines) is 1. The van der Waals surface area contributed by atoms with E-state index in [0.717, 1.165) is 36.3 Å². The van der Waals surface area contributed by atoms with Gasteiger partial charge in [0.1, 0.15) is 5.82 Å². The van der Waals surface area contributed by atoms with E-state index in [2.05, 4.69) is 16.5 Å². The molecule has 5 rings (SSSR count). The second kappa shape index (κ2) is 7.03. The number of alkyl halides is 2. The topological polar surface area (TPSA) is 41.4 Å². The number of hydrogen-bond acceptors (Lipinski definition) is 3. The number of hydrogen-bond donors (Lipinski definition) is 0. The fourth-order valence-electron chi connectivity index (χ4n) is 4.56. The van der Waals surface area contributed by atoms with Gasteiger partial charge in [-0.25, -0.2) is 4.98 Å². The summed E-state index contributed by atoms with van der Waals surface area (Å²) >= 11 is 6.16. The maximum atomic E-state index is 14.6. The molecule has 0 aliphatic carbocycles. The molecule has 0 saturated carbocycles. The van der Waals surface area contributed by atoms with E-state index in [0.29, 0.717) is 16.4 Å². The Bertz CT molecular complexity index is 1140. The molecule has 1 fully saturated rings. The second-order valence-corrected chi connectivity index (χ2v) is 8.48. The molecule has 3 aromatic rings.